The summed E-state index contributed by atoms with van der Waals surface area (Å²) in [6.45, 7) is 5.02. The van der Waals surface area contributed by atoms with E-state index in [2.05, 4.69) is 11.9 Å². The second-order valence-corrected chi connectivity index (χ2v) is 7.94. The van der Waals surface area contributed by atoms with Gasteiger partial charge in [0.1, 0.15) is 5.82 Å². The number of nitrogen functional groups attached to an aromatic ring is 1. The Morgan fingerprint density at radius 1 is 1.12 bits per heavy atom. The third-order valence-electron chi connectivity index (χ3n) is 5.57. The molecule has 2 aromatic rings. The molecule has 0 radical (unpaired) electrons. The van der Waals surface area contributed by atoms with E-state index in [4.69, 9.17) is 15.2 Å². The van der Waals surface area contributed by atoms with Crippen molar-refractivity contribution in [3.8, 4) is 11.5 Å². The minimum absolute atomic E-state index is 0.0418. The molecule has 9 heteroatoms. The average Bonchev–Trinajstić information content (AvgIpc) is 3.24. The smallest absolute Gasteiger partial charge is 0.330 e. The SMILES string of the molecule is CCCCCN(C(=O)CCc1ccc2c(c1)OCO2)c1c(N)n(CCCC)c(=O)[nH]c1=O. The first-order chi connectivity index (χ1) is 15.5. The van der Waals surface area contributed by atoms with Gasteiger partial charge < -0.3 is 20.1 Å². The number of carbonyl (C=O) groups excluding carboxylic acids is 1. The first kappa shape index (κ1) is 23.4. The van der Waals surface area contributed by atoms with Gasteiger partial charge in [0.2, 0.25) is 12.7 Å². The van der Waals surface area contributed by atoms with Crippen molar-refractivity contribution in [1.29, 1.82) is 0 Å². The highest BCUT2D eigenvalue weighted by molar-refractivity contribution is 5.95. The Morgan fingerprint density at radius 2 is 1.88 bits per heavy atom. The molecular weight excluding hydrogens is 412 g/mol. The largest absolute Gasteiger partial charge is 0.454 e. The van der Waals surface area contributed by atoms with Gasteiger partial charge in [-0.15, -0.1) is 0 Å². The van der Waals surface area contributed by atoms with Crippen LogP contribution in [0.5, 0.6) is 11.5 Å². The number of aryl methyl sites for hydroxylation is 1. The number of rotatable bonds is 11. The fourth-order valence-electron chi connectivity index (χ4n) is 3.74. The average molecular weight is 445 g/mol. The minimum atomic E-state index is -0.631. The molecule has 2 heterocycles. The van der Waals surface area contributed by atoms with Crippen molar-refractivity contribution in [2.75, 3.05) is 24.0 Å². The summed E-state index contributed by atoms with van der Waals surface area (Å²) in [5.41, 5.74) is 6.07. The van der Waals surface area contributed by atoms with Crippen molar-refractivity contribution in [1.82, 2.24) is 9.55 Å². The molecule has 0 aliphatic carbocycles. The zero-order valence-corrected chi connectivity index (χ0v) is 18.8. The molecule has 0 unspecified atom stereocenters. The molecule has 0 atom stereocenters. The highest BCUT2D eigenvalue weighted by atomic mass is 16.7. The molecule has 174 valence electrons. The maximum absolute atomic E-state index is 13.2. The van der Waals surface area contributed by atoms with E-state index in [0.717, 1.165) is 37.7 Å². The number of benzene rings is 1. The lowest BCUT2D eigenvalue weighted by Crippen LogP contribution is -2.41. The molecule has 1 aliphatic rings. The molecule has 0 bridgehead atoms. The number of aromatic amines is 1. The van der Waals surface area contributed by atoms with Crippen LogP contribution in [-0.2, 0) is 17.8 Å². The molecular formula is C23H32N4O5. The number of carbonyl (C=O) groups is 1. The van der Waals surface area contributed by atoms with Gasteiger partial charge in [-0.2, -0.15) is 0 Å². The summed E-state index contributed by atoms with van der Waals surface area (Å²) in [6.07, 6.45) is 4.91. The molecule has 3 N–H and O–H groups in total. The van der Waals surface area contributed by atoms with Crippen LogP contribution in [0.2, 0.25) is 0 Å². The molecule has 0 saturated carbocycles. The fraction of sp³-hybridized carbons (Fsp3) is 0.522. The first-order valence-electron chi connectivity index (χ1n) is 11.3. The van der Waals surface area contributed by atoms with Crippen molar-refractivity contribution < 1.29 is 14.3 Å². The van der Waals surface area contributed by atoms with Crippen LogP contribution < -0.4 is 31.4 Å². The number of H-pyrrole nitrogens is 1. The quantitative estimate of drug-likeness (QED) is 0.514. The lowest BCUT2D eigenvalue weighted by atomic mass is 10.1. The van der Waals surface area contributed by atoms with Gasteiger partial charge in [-0.05, 0) is 37.0 Å². The Morgan fingerprint density at radius 3 is 2.62 bits per heavy atom. The predicted octanol–water partition coefficient (Wildman–Crippen LogP) is 2.80. The molecule has 1 amide bonds. The number of fused-ring (bicyclic) bond motifs is 1. The van der Waals surface area contributed by atoms with E-state index in [-0.39, 0.29) is 30.6 Å². The normalized spacial score (nSPS) is 12.2. The molecule has 9 nitrogen and oxygen atoms in total. The number of hydrogen-bond donors (Lipinski definition) is 2. The minimum Gasteiger partial charge on any atom is -0.454 e. The van der Waals surface area contributed by atoms with E-state index in [1.54, 1.807) is 0 Å². The van der Waals surface area contributed by atoms with Gasteiger partial charge in [-0.1, -0.05) is 39.2 Å². The monoisotopic (exact) mass is 444 g/mol. The zero-order chi connectivity index (χ0) is 23.1. The van der Waals surface area contributed by atoms with Crippen LogP contribution in [0, 0.1) is 0 Å². The molecule has 32 heavy (non-hydrogen) atoms. The van der Waals surface area contributed by atoms with E-state index in [1.165, 1.54) is 9.47 Å². The predicted molar refractivity (Wildman–Crippen MR) is 123 cm³/mol. The maximum atomic E-state index is 13.2. The van der Waals surface area contributed by atoms with Gasteiger partial charge in [0.25, 0.3) is 5.56 Å². The summed E-state index contributed by atoms with van der Waals surface area (Å²) in [5, 5.41) is 0. The zero-order valence-electron chi connectivity index (χ0n) is 18.8. The Kier molecular flexibility index (Phi) is 7.97. The van der Waals surface area contributed by atoms with E-state index >= 15 is 0 Å². The second kappa shape index (κ2) is 10.9. The molecule has 1 aromatic carbocycles. The Bertz CT molecular complexity index is 1060. The lowest BCUT2D eigenvalue weighted by Gasteiger charge is -2.24. The summed E-state index contributed by atoms with van der Waals surface area (Å²) in [5.74, 6) is 1.19. The van der Waals surface area contributed by atoms with E-state index in [0.29, 0.717) is 31.0 Å². The number of anilines is 2. The van der Waals surface area contributed by atoms with Crippen molar-refractivity contribution >= 4 is 17.4 Å². The molecule has 0 spiro atoms. The van der Waals surface area contributed by atoms with Gasteiger partial charge in [0, 0.05) is 19.5 Å². The number of unbranched alkanes of at least 4 members (excludes halogenated alkanes) is 3. The van der Waals surface area contributed by atoms with Crippen LogP contribution in [-0.4, -0.2) is 28.8 Å². The molecule has 0 fully saturated rings. The number of hydrogen-bond acceptors (Lipinski definition) is 6. The standard InChI is InChI=1S/C23H32N4O5/c1-3-5-7-13-26(20-21(24)27(12-6-4-2)23(30)25-22(20)29)19(28)11-9-16-8-10-17-18(14-16)32-15-31-17/h8,10,14H,3-7,9,11-13,15,24H2,1-2H3,(H,25,29,30). The Balaban J connectivity index is 1.84. The number of nitrogens with zero attached hydrogens (tertiary/aromatic N) is 2. The van der Waals surface area contributed by atoms with E-state index < -0.39 is 11.2 Å². The Labute approximate surface area is 187 Å². The van der Waals surface area contributed by atoms with Crippen molar-refractivity contribution in [3.05, 3.63) is 44.6 Å². The number of nitrogens with two attached hydrogens (primary N) is 1. The third-order valence-corrected chi connectivity index (χ3v) is 5.57. The van der Waals surface area contributed by atoms with Crippen molar-refractivity contribution in [2.45, 2.75) is 65.3 Å². The third kappa shape index (κ3) is 5.33. The summed E-state index contributed by atoms with van der Waals surface area (Å²) >= 11 is 0. The van der Waals surface area contributed by atoms with E-state index in [1.807, 2.05) is 25.1 Å². The van der Waals surface area contributed by atoms with Crippen LogP contribution in [0.15, 0.2) is 27.8 Å². The van der Waals surface area contributed by atoms with Crippen LogP contribution in [0.25, 0.3) is 0 Å². The van der Waals surface area contributed by atoms with Gasteiger partial charge >= 0.3 is 5.69 Å². The second-order valence-electron chi connectivity index (χ2n) is 7.94. The lowest BCUT2D eigenvalue weighted by molar-refractivity contribution is -0.118. The van der Waals surface area contributed by atoms with Crippen LogP contribution in [0.3, 0.4) is 0 Å². The van der Waals surface area contributed by atoms with E-state index in [9.17, 15) is 14.4 Å². The van der Waals surface area contributed by atoms with Crippen molar-refractivity contribution in [2.24, 2.45) is 0 Å². The number of nitrogens with one attached hydrogen (secondary N) is 1. The topological polar surface area (TPSA) is 120 Å². The van der Waals surface area contributed by atoms with Gasteiger partial charge in [0.15, 0.2) is 17.2 Å². The highest BCUT2D eigenvalue weighted by Crippen LogP contribution is 2.33. The van der Waals surface area contributed by atoms with Gasteiger partial charge in [-0.25, -0.2) is 4.79 Å². The van der Waals surface area contributed by atoms with Crippen molar-refractivity contribution in [3.63, 3.8) is 0 Å². The maximum Gasteiger partial charge on any atom is 0.330 e. The number of ether oxygens (including phenoxy) is 2. The molecule has 1 aromatic heterocycles. The first-order valence-corrected chi connectivity index (χ1v) is 11.3. The number of aromatic nitrogens is 2. The molecule has 3 rings (SSSR count). The van der Waals surface area contributed by atoms with Crippen LogP contribution in [0.4, 0.5) is 11.5 Å². The molecule has 0 saturated heterocycles. The van der Waals surface area contributed by atoms with Gasteiger partial charge in [0.05, 0.1) is 0 Å². The molecule has 1 aliphatic heterocycles. The highest BCUT2D eigenvalue weighted by Gasteiger charge is 2.24. The summed E-state index contributed by atoms with van der Waals surface area (Å²) in [4.78, 5) is 42.0. The van der Waals surface area contributed by atoms with Gasteiger partial charge in [-0.3, -0.25) is 19.1 Å². The number of amides is 1. The summed E-state index contributed by atoms with van der Waals surface area (Å²) in [6, 6.07) is 5.59. The summed E-state index contributed by atoms with van der Waals surface area (Å²) in [7, 11) is 0. The van der Waals surface area contributed by atoms with Crippen LogP contribution >= 0.6 is 0 Å². The Hall–Kier alpha value is -3.23. The van der Waals surface area contributed by atoms with Crippen LogP contribution in [0.1, 0.15) is 57.9 Å². The fourth-order valence-corrected chi connectivity index (χ4v) is 3.74. The summed E-state index contributed by atoms with van der Waals surface area (Å²) < 4.78 is 12.1.